The van der Waals surface area contributed by atoms with Crippen LogP contribution in [0, 0.1) is 6.92 Å². The van der Waals surface area contributed by atoms with Gasteiger partial charge in [0.25, 0.3) is 0 Å². The molecular formula is C13H20N6. The van der Waals surface area contributed by atoms with E-state index in [1.165, 1.54) is 0 Å². The van der Waals surface area contributed by atoms with Gasteiger partial charge in [-0.2, -0.15) is 5.10 Å². The van der Waals surface area contributed by atoms with Gasteiger partial charge in [0.1, 0.15) is 18.0 Å². The van der Waals surface area contributed by atoms with Gasteiger partial charge in [-0.1, -0.05) is 6.92 Å². The summed E-state index contributed by atoms with van der Waals surface area (Å²) >= 11 is 0. The molecule has 0 aliphatic carbocycles. The highest BCUT2D eigenvalue weighted by Crippen LogP contribution is 2.18. The fourth-order valence-corrected chi connectivity index (χ4v) is 1.80. The van der Waals surface area contributed by atoms with Crippen LogP contribution in [-0.4, -0.2) is 26.3 Å². The maximum atomic E-state index is 4.28. The van der Waals surface area contributed by atoms with Crippen LogP contribution in [0.15, 0.2) is 18.6 Å². The summed E-state index contributed by atoms with van der Waals surface area (Å²) in [7, 11) is 1.93. The Labute approximate surface area is 113 Å². The molecule has 2 heterocycles. The van der Waals surface area contributed by atoms with Crippen LogP contribution < -0.4 is 10.6 Å². The molecule has 0 atom stereocenters. The van der Waals surface area contributed by atoms with Crippen molar-refractivity contribution >= 4 is 11.6 Å². The molecule has 19 heavy (non-hydrogen) atoms. The Balaban J connectivity index is 2.06. The van der Waals surface area contributed by atoms with Crippen LogP contribution in [-0.2, 0) is 13.6 Å². The molecule has 0 fully saturated rings. The summed E-state index contributed by atoms with van der Waals surface area (Å²) in [6.07, 6.45) is 4.44. The number of aryl methyl sites for hydroxylation is 1. The molecule has 6 heteroatoms. The number of nitrogens with one attached hydrogen (secondary N) is 2. The van der Waals surface area contributed by atoms with Gasteiger partial charge < -0.3 is 10.6 Å². The normalized spacial score (nSPS) is 10.5. The van der Waals surface area contributed by atoms with E-state index in [1.54, 1.807) is 12.5 Å². The van der Waals surface area contributed by atoms with Crippen LogP contribution in [0.25, 0.3) is 0 Å². The van der Waals surface area contributed by atoms with Gasteiger partial charge in [0.05, 0.1) is 12.2 Å². The molecule has 2 aromatic rings. The van der Waals surface area contributed by atoms with E-state index >= 15 is 0 Å². The Bertz CT molecular complexity index is 534. The highest BCUT2D eigenvalue weighted by molar-refractivity contribution is 5.56. The highest BCUT2D eigenvalue weighted by Gasteiger charge is 2.07. The molecule has 0 aliphatic heterocycles. The number of rotatable bonds is 6. The smallest absolute Gasteiger partial charge is 0.134 e. The Hall–Kier alpha value is -2.11. The lowest BCUT2D eigenvalue weighted by atomic mass is 10.3. The average molecular weight is 260 g/mol. The van der Waals surface area contributed by atoms with E-state index in [2.05, 4.69) is 32.6 Å². The third-order valence-electron chi connectivity index (χ3n) is 2.99. The van der Waals surface area contributed by atoms with Gasteiger partial charge in [0.15, 0.2) is 0 Å². The van der Waals surface area contributed by atoms with Crippen molar-refractivity contribution in [2.45, 2.75) is 26.8 Å². The second-order valence-corrected chi connectivity index (χ2v) is 4.42. The van der Waals surface area contributed by atoms with Gasteiger partial charge in [0.2, 0.25) is 0 Å². The van der Waals surface area contributed by atoms with E-state index in [0.29, 0.717) is 6.54 Å². The van der Waals surface area contributed by atoms with Gasteiger partial charge >= 0.3 is 0 Å². The lowest BCUT2D eigenvalue weighted by Gasteiger charge is -2.12. The number of nitrogens with zero attached hydrogens (tertiary/aromatic N) is 4. The Morgan fingerprint density at radius 1 is 1.21 bits per heavy atom. The molecule has 102 valence electrons. The number of hydrogen-bond acceptors (Lipinski definition) is 5. The molecule has 0 bridgehead atoms. The summed E-state index contributed by atoms with van der Waals surface area (Å²) < 4.78 is 1.85. The van der Waals surface area contributed by atoms with Crippen molar-refractivity contribution in [3.05, 3.63) is 29.8 Å². The molecule has 0 radical (unpaired) electrons. The zero-order chi connectivity index (χ0) is 13.7. The van der Waals surface area contributed by atoms with Crippen molar-refractivity contribution in [2.24, 2.45) is 7.05 Å². The fourth-order valence-electron chi connectivity index (χ4n) is 1.80. The summed E-state index contributed by atoms with van der Waals surface area (Å²) in [5.74, 6) is 1.75. The van der Waals surface area contributed by atoms with E-state index in [0.717, 1.165) is 35.9 Å². The predicted molar refractivity (Wildman–Crippen MR) is 76.1 cm³/mol. The monoisotopic (exact) mass is 260 g/mol. The molecule has 2 rings (SSSR count). The average Bonchev–Trinajstić information content (AvgIpc) is 2.82. The van der Waals surface area contributed by atoms with Crippen molar-refractivity contribution in [1.82, 2.24) is 19.7 Å². The number of hydrogen-bond donors (Lipinski definition) is 2. The van der Waals surface area contributed by atoms with Gasteiger partial charge in [0, 0.05) is 25.4 Å². The third kappa shape index (κ3) is 3.21. The maximum absolute atomic E-state index is 4.28. The molecule has 0 saturated carbocycles. The first-order valence-electron chi connectivity index (χ1n) is 6.48. The van der Waals surface area contributed by atoms with E-state index in [-0.39, 0.29) is 0 Å². The summed E-state index contributed by atoms with van der Waals surface area (Å²) in [5, 5.41) is 10.8. The van der Waals surface area contributed by atoms with Crippen molar-refractivity contribution in [3.8, 4) is 0 Å². The molecule has 6 nitrogen and oxygen atoms in total. The summed E-state index contributed by atoms with van der Waals surface area (Å²) in [5.41, 5.74) is 2.15. The van der Waals surface area contributed by atoms with E-state index in [1.807, 2.05) is 24.7 Å². The number of anilines is 2. The van der Waals surface area contributed by atoms with Crippen LogP contribution >= 0.6 is 0 Å². The third-order valence-corrected chi connectivity index (χ3v) is 2.99. The molecule has 2 aromatic heterocycles. The Morgan fingerprint density at radius 2 is 1.95 bits per heavy atom. The zero-order valence-corrected chi connectivity index (χ0v) is 11.6. The summed E-state index contributed by atoms with van der Waals surface area (Å²) in [4.78, 5) is 8.54. The Kier molecular flexibility index (Phi) is 4.33. The molecule has 2 N–H and O–H groups in total. The standard InChI is InChI=1S/C13H20N6/c1-4-6-14-12-10(2)13(17-9-16-12)15-8-11-5-7-18-19(11)3/h5,7,9H,4,6,8H2,1-3H3,(H2,14,15,16,17). The van der Waals surface area contributed by atoms with Crippen LogP contribution in [0.4, 0.5) is 11.6 Å². The first-order chi connectivity index (χ1) is 9.22. The topological polar surface area (TPSA) is 67.7 Å². The van der Waals surface area contributed by atoms with Crippen molar-refractivity contribution in [1.29, 1.82) is 0 Å². The first kappa shape index (κ1) is 13.3. The second-order valence-electron chi connectivity index (χ2n) is 4.42. The van der Waals surface area contributed by atoms with Crippen molar-refractivity contribution < 1.29 is 0 Å². The van der Waals surface area contributed by atoms with Crippen LogP contribution in [0.1, 0.15) is 24.6 Å². The van der Waals surface area contributed by atoms with Gasteiger partial charge in [-0.25, -0.2) is 9.97 Å². The molecular weight excluding hydrogens is 240 g/mol. The molecule has 0 amide bonds. The van der Waals surface area contributed by atoms with Crippen LogP contribution in [0.3, 0.4) is 0 Å². The maximum Gasteiger partial charge on any atom is 0.134 e. The highest BCUT2D eigenvalue weighted by atomic mass is 15.3. The van der Waals surface area contributed by atoms with E-state index in [4.69, 9.17) is 0 Å². The summed E-state index contributed by atoms with van der Waals surface area (Å²) in [6, 6.07) is 1.99. The molecule has 0 spiro atoms. The fraction of sp³-hybridized carbons (Fsp3) is 0.462. The van der Waals surface area contributed by atoms with Gasteiger partial charge in [-0.05, 0) is 19.4 Å². The molecule has 0 saturated heterocycles. The second kappa shape index (κ2) is 6.17. The lowest BCUT2D eigenvalue weighted by Crippen LogP contribution is -2.10. The van der Waals surface area contributed by atoms with Crippen LogP contribution in [0.5, 0.6) is 0 Å². The molecule has 0 aliphatic rings. The lowest BCUT2D eigenvalue weighted by molar-refractivity contribution is 0.719. The van der Waals surface area contributed by atoms with Crippen molar-refractivity contribution in [3.63, 3.8) is 0 Å². The largest absolute Gasteiger partial charge is 0.370 e. The molecule has 0 unspecified atom stereocenters. The minimum absolute atomic E-state index is 0.696. The van der Waals surface area contributed by atoms with Gasteiger partial charge in [-0.15, -0.1) is 0 Å². The van der Waals surface area contributed by atoms with E-state index in [9.17, 15) is 0 Å². The number of aromatic nitrogens is 4. The van der Waals surface area contributed by atoms with Crippen LogP contribution in [0.2, 0.25) is 0 Å². The van der Waals surface area contributed by atoms with Crippen molar-refractivity contribution in [2.75, 3.05) is 17.2 Å². The quantitative estimate of drug-likeness (QED) is 0.831. The van der Waals surface area contributed by atoms with Gasteiger partial charge in [-0.3, -0.25) is 4.68 Å². The van der Waals surface area contributed by atoms with E-state index < -0.39 is 0 Å². The first-order valence-corrected chi connectivity index (χ1v) is 6.48. The SMILES string of the molecule is CCCNc1ncnc(NCc2ccnn2C)c1C. The minimum atomic E-state index is 0.696. The molecule has 0 aromatic carbocycles. The predicted octanol–water partition coefficient (Wildman–Crippen LogP) is 1.95. The zero-order valence-electron chi connectivity index (χ0n) is 11.6. The summed E-state index contributed by atoms with van der Waals surface area (Å²) in [6.45, 7) is 5.76. The Morgan fingerprint density at radius 3 is 2.58 bits per heavy atom. The minimum Gasteiger partial charge on any atom is -0.370 e.